The standard InChI is InChI=1S/C19H21FN6O2/c1-12(13-2-4-14(20)5-3-13)22-19(27)23-17-10-16-15(11-21-17)18(25-24-16)26-6-8-28-9-7-26/h2-5,10-12H,6-9H2,1H3,(H,24,25)(H2,21,22,23,27). The molecule has 1 saturated heterocycles. The summed E-state index contributed by atoms with van der Waals surface area (Å²) in [5.74, 6) is 0.939. The van der Waals surface area contributed by atoms with Gasteiger partial charge in [0.25, 0.3) is 0 Å². The molecule has 1 aliphatic rings. The van der Waals surface area contributed by atoms with E-state index in [0.29, 0.717) is 19.0 Å². The summed E-state index contributed by atoms with van der Waals surface area (Å²) in [5.41, 5.74) is 1.60. The van der Waals surface area contributed by atoms with Crippen molar-refractivity contribution in [3.05, 3.63) is 47.9 Å². The van der Waals surface area contributed by atoms with E-state index >= 15 is 0 Å². The Bertz CT molecular complexity index is 968. The normalized spacial score (nSPS) is 15.4. The largest absolute Gasteiger partial charge is 0.378 e. The second-order valence-corrected chi connectivity index (χ2v) is 6.63. The van der Waals surface area contributed by atoms with Gasteiger partial charge in [-0.25, -0.2) is 14.2 Å². The van der Waals surface area contributed by atoms with Crippen LogP contribution in [0.2, 0.25) is 0 Å². The van der Waals surface area contributed by atoms with E-state index in [0.717, 1.165) is 35.4 Å². The number of fused-ring (bicyclic) bond motifs is 1. The molecule has 146 valence electrons. The van der Waals surface area contributed by atoms with Crippen LogP contribution in [-0.2, 0) is 4.74 Å². The Morgan fingerprint density at radius 1 is 1.29 bits per heavy atom. The predicted molar refractivity (Wildman–Crippen MR) is 104 cm³/mol. The lowest BCUT2D eigenvalue weighted by atomic mass is 10.1. The topological polar surface area (TPSA) is 95.2 Å². The van der Waals surface area contributed by atoms with Gasteiger partial charge < -0.3 is 15.0 Å². The lowest BCUT2D eigenvalue weighted by Crippen LogP contribution is -2.36. The van der Waals surface area contributed by atoms with Crippen LogP contribution in [0, 0.1) is 5.82 Å². The molecule has 0 saturated carbocycles. The molecular formula is C19H21FN6O2. The first-order valence-corrected chi connectivity index (χ1v) is 9.10. The summed E-state index contributed by atoms with van der Waals surface area (Å²) in [4.78, 5) is 18.7. The number of benzene rings is 1. The first kappa shape index (κ1) is 18.2. The predicted octanol–water partition coefficient (Wildman–Crippen LogP) is 2.82. The molecule has 1 aromatic carbocycles. The van der Waals surface area contributed by atoms with Crippen molar-refractivity contribution in [3.63, 3.8) is 0 Å². The van der Waals surface area contributed by atoms with Crippen LogP contribution in [0.1, 0.15) is 18.5 Å². The number of aromatic amines is 1. The molecule has 2 aromatic heterocycles. The average Bonchev–Trinajstić information content (AvgIpc) is 3.12. The molecule has 3 aromatic rings. The third-order valence-corrected chi connectivity index (χ3v) is 4.70. The second-order valence-electron chi connectivity index (χ2n) is 6.63. The van der Waals surface area contributed by atoms with E-state index in [-0.39, 0.29) is 11.9 Å². The highest BCUT2D eigenvalue weighted by molar-refractivity contribution is 5.94. The highest BCUT2D eigenvalue weighted by Gasteiger charge is 2.18. The van der Waals surface area contributed by atoms with Gasteiger partial charge in [0.05, 0.1) is 30.2 Å². The number of hydrogen-bond donors (Lipinski definition) is 3. The fraction of sp³-hybridized carbons (Fsp3) is 0.316. The number of nitrogens with zero attached hydrogens (tertiary/aromatic N) is 3. The number of pyridine rings is 1. The van der Waals surface area contributed by atoms with Crippen molar-refractivity contribution in [2.45, 2.75) is 13.0 Å². The molecule has 0 radical (unpaired) electrons. The van der Waals surface area contributed by atoms with Gasteiger partial charge in [-0.3, -0.25) is 10.4 Å². The molecular weight excluding hydrogens is 363 g/mol. The van der Waals surface area contributed by atoms with Gasteiger partial charge in [0.2, 0.25) is 0 Å². The fourth-order valence-electron chi connectivity index (χ4n) is 3.17. The average molecular weight is 384 g/mol. The maximum absolute atomic E-state index is 13.0. The molecule has 1 atom stereocenters. The van der Waals surface area contributed by atoms with E-state index < -0.39 is 6.03 Å². The maximum Gasteiger partial charge on any atom is 0.320 e. The lowest BCUT2D eigenvalue weighted by Gasteiger charge is -2.26. The molecule has 9 heteroatoms. The van der Waals surface area contributed by atoms with Crippen molar-refractivity contribution in [1.29, 1.82) is 0 Å². The van der Waals surface area contributed by atoms with Gasteiger partial charge in [-0.15, -0.1) is 0 Å². The number of carbonyl (C=O) groups is 1. The summed E-state index contributed by atoms with van der Waals surface area (Å²) in [6.45, 7) is 4.74. The van der Waals surface area contributed by atoms with Gasteiger partial charge in [-0.1, -0.05) is 12.1 Å². The zero-order valence-electron chi connectivity index (χ0n) is 15.4. The summed E-state index contributed by atoms with van der Waals surface area (Å²) in [5, 5.41) is 13.8. The van der Waals surface area contributed by atoms with Gasteiger partial charge in [0.15, 0.2) is 5.82 Å². The van der Waals surface area contributed by atoms with Crippen molar-refractivity contribution in [1.82, 2.24) is 20.5 Å². The Morgan fingerprint density at radius 3 is 2.79 bits per heavy atom. The zero-order valence-corrected chi connectivity index (χ0v) is 15.4. The van der Waals surface area contributed by atoms with Gasteiger partial charge >= 0.3 is 6.03 Å². The molecule has 3 heterocycles. The third kappa shape index (κ3) is 3.89. The Labute approximate surface area is 161 Å². The number of anilines is 2. The number of urea groups is 1. The van der Waals surface area contributed by atoms with Crippen molar-refractivity contribution >= 4 is 28.6 Å². The van der Waals surface area contributed by atoms with Gasteiger partial charge in [-0.2, -0.15) is 5.10 Å². The molecule has 1 unspecified atom stereocenters. The van der Waals surface area contributed by atoms with E-state index in [1.807, 2.05) is 6.92 Å². The Hall–Kier alpha value is -3.20. The first-order valence-electron chi connectivity index (χ1n) is 9.10. The molecule has 0 bridgehead atoms. The number of amides is 2. The maximum atomic E-state index is 13.0. The number of rotatable bonds is 4. The lowest BCUT2D eigenvalue weighted by molar-refractivity contribution is 0.122. The number of ether oxygens (including phenoxy) is 1. The van der Waals surface area contributed by atoms with E-state index in [4.69, 9.17) is 4.74 Å². The highest BCUT2D eigenvalue weighted by atomic mass is 19.1. The summed E-state index contributed by atoms with van der Waals surface area (Å²) < 4.78 is 18.4. The minimum atomic E-state index is -0.392. The molecule has 2 amide bonds. The Kier molecular flexibility index (Phi) is 5.07. The van der Waals surface area contributed by atoms with Crippen LogP contribution < -0.4 is 15.5 Å². The molecule has 4 rings (SSSR count). The minimum Gasteiger partial charge on any atom is -0.378 e. The van der Waals surface area contributed by atoms with Crippen LogP contribution in [0.4, 0.5) is 20.8 Å². The minimum absolute atomic E-state index is 0.274. The quantitative estimate of drug-likeness (QED) is 0.643. The van der Waals surface area contributed by atoms with Crippen molar-refractivity contribution in [2.24, 2.45) is 0 Å². The molecule has 0 aliphatic carbocycles. The van der Waals surface area contributed by atoms with Crippen LogP contribution in [0.25, 0.3) is 10.9 Å². The van der Waals surface area contributed by atoms with E-state index in [2.05, 4.69) is 30.7 Å². The molecule has 3 N–H and O–H groups in total. The summed E-state index contributed by atoms with van der Waals surface area (Å²) in [6.07, 6.45) is 1.70. The van der Waals surface area contributed by atoms with Crippen molar-refractivity contribution < 1.29 is 13.9 Å². The summed E-state index contributed by atoms with van der Waals surface area (Å²) in [7, 11) is 0. The molecule has 1 aliphatic heterocycles. The number of halogens is 1. The summed E-state index contributed by atoms with van der Waals surface area (Å²) >= 11 is 0. The van der Waals surface area contributed by atoms with Gasteiger partial charge in [0.1, 0.15) is 11.6 Å². The number of aromatic nitrogens is 3. The zero-order chi connectivity index (χ0) is 19.5. The van der Waals surface area contributed by atoms with E-state index in [1.54, 1.807) is 24.4 Å². The highest BCUT2D eigenvalue weighted by Crippen LogP contribution is 2.25. The van der Waals surface area contributed by atoms with Crippen LogP contribution in [0.15, 0.2) is 36.5 Å². The summed E-state index contributed by atoms with van der Waals surface area (Å²) in [6, 6.07) is 7.09. The SMILES string of the molecule is CC(NC(=O)Nc1cc2[nH]nc(N3CCOCC3)c2cn1)c1ccc(F)cc1. The van der Waals surface area contributed by atoms with Crippen molar-refractivity contribution in [2.75, 3.05) is 36.5 Å². The van der Waals surface area contributed by atoms with E-state index in [9.17, 15) is 9.18 Å². The fourth-order valence-corrected chi connectivity index (χ4v) is 3.17. The van der Waals surface area contributed by atoms with E-state index in [1.165, 1.54) is 12.1 Å². The van der Waals surface area contributed by atoms with Crippen LogP contribution in [-0.4, -0.2) is 47.5 Å². The van der Waals surface area contributed by atoms with Gasteiger partial charge in [0, 0.05) is 25.4 Å². The Balaban J connectivity index is 1.42. The monoisotopic (exact) mass is 384 g/mol. The number of nitrogens with one attached hydrogen (secondary N) is 3. The van der Waals surface area contributed by atoms with Crippen LogP contribution in [0.3, 0.4) is 0 Å². The number of carbonyl (C=O) groups excluding carboxylic acids is 1. The molecule has 8 nitrogen and oxygen atoms in total. The van der Waals surface area contributed by atoms with Crippen LogP contribution in [0.5, 0.6) is 0 Å². The number of hydrogen-bond acceptors (Lipinski definition) is 5. The number of morpholine rings is 1. The smallest absolute Gasteiger partial charge is 0.320 e. The number of H-pyrrole nitrogens is 1. The first-order chi connectivity index (χ1) is 13.6. The third-order valence-electron chi connectivity index (χ3n) is 4.70. The van der Waals surface area contributed by atoms with Crippen molar-refractivity contribution in [3.8, 4) is 0 Å². The molecule has 28 heavy (non-hydrogen) atoms. The molecule has 1 fully saturated rings. The Morgan fingerprint density at radius 2 is 2.04 bits per heavy atom. The molecule has 0 spiro atoms. The van der Waals surface area contributed by atoms with Crippen LogP contribution >= 0.6 is 0 Å². The second kappa shape index (κ2) is 7.81. The van der Waals surface area contributed by atoms with Gasteiger partial charge in [-0.05, 0) is 24.6 Å².